The van der Waals surface area contributed by atoms with Crippen LogP contribution in [-0.2, 0) is 12.8 Å². The zero-order valence-corrected chi connectivity index (χ0v) is 11.6. The summed E-state index contributed by atoms with van der Waals surface area (Å²) in [7, 11) is 0. The number of hydrogen-bond donors (Lipinski definition) is 2. The minimum absolute atomic E-state index is 0.0915. The maximum absolute atomic E-state index is 11.5. The number of nitrogens with one attached hydrogen (secondary N) is 2. The number of benzene rings is 1. The summed E-state index contributed by atoms with van der Waals surface area (Å²) in [6.07, 6.45) is 1.74. The maximum atomic E-state index is 11.5. The van der Waals surface area contributed by atoms with Crippen LogP contribution in [0.25, 0.3) is 0 Å². The smallest absolute Gasteiger partial charge is 0.314 e. The number of amides is 2. The zero-order chi connectivity index (χ0) is 13.3. The third-order valence-electron chi connectivity index (χ3n) is 2.82. The van der Waals surface area contributed by atoms with Crippen molar-refractivity contribution in [2.45, 2.75) is 12.8 Å². The summed E-state index contributed by atoms with van der Waals surface area (Å²) >= 11 is 1.68. The Morgan fingerprint density at radius 2 is 1.63 bits per heavy atom. The average Bonchev–Trinajstić information content (AvgIpc) is 2.93. The SMILES string of the molecule is O=C(NCCc1ccccc1)NCCc1ccsc1. The van der Waals surface area contributed by atoms with Crippen molar-refractivity contribution in [2.24, 2.45) is 0 Å². The van der Waals surface area contributed by atoms with Crippen molar-refractivity contribution < 1.29 is 4.79 Å². The van der Waals surface area contributed by atoms with Crippen molar-refractivity contribution >= 4 is 17.4 Å². The predicted octanol–water partition coefficient (Wildman–Crippen LogP) is 2.83. The first kappa shape index (κ1) is 13.6. The van der Waals surface area contributed by atoms with Crippen molar-refractivity contribution in [2.75, 3.05) is 13.1 Å². The van der Waals surface area contributed by atoms with Crippen LogP contribution in [0, 0.1) is 0 Å². The molecule has 19 heavy (non-hydrogen) atoms. The second kappa shape index (κ2) is 7.59. The Bertz CT molecular complexity index is 482. The van der Waals surface area contributed by atoms with E-state index in [1.165, 1.54) is 11.1 Å². The van der Waals surface area contributed by atoms with Crippen LogP contribution in [-0.4, -0.2) is 19.1 Å². The molecule has 1 heterocycles. The lowest BCUT2D eigenvalue weighted by molar-refractivity contribution is 0.241. The van der Waals surface area contributed by atoms with E-state index in [9.17, 15) is 4.79 Å². The van der Waals surface area contributed by atoms with Gasteiger partial charge in [0.25, 0.3) is 0 Å². The van der Waals surface area contributed by atoms with E-state index in [1.807, 2.05) is 18.2 Å². The van der Waals surface area contributed by atoms with Gasteiger partial charge in [0.1, 0.15) is 0 Å². The summed E-state index contributed by atoms with van der Waals surface area (Å²) in [5.74, 6) is 0. The largest absolute Gasteiger partial charge is 0.338 e. The third-order valence-corrected chi connectivity index (χ3v) is 3.55. The first-order valence-corrected chi connectivity index (χ1v) is 7.35. The lowest BCUT2D eigenvalue weighted by Gasteiger charge is -2.07. The zero-order valence-electron chi connectivity index (χ0n) is 10.8. The van der Waals surface area contributed by atoms with E-state index in [-0.39, 0.29) is 6.03 Å². The minimum Gasteiger partial charge on any atom is -0.338 e. The van der Waals surface area contributed by atoms with Crippen LogP contribution in [0.2, 0.25) is 0 Å². The van der Waals surface area contributed by atoms with Gasteiger partial charge in [0, 0.05) is 13.1 Å². The fourth-order valence-electron chi connectivity index (χ4n) is 1.78. The summed E-state index contributed by atoms with van der Waals surface area (Å²) in [4.78, 5) is 11.5. The Balaban J connectivity index is 1.57. The van der Waals surface area contributed by atoms with Gasteiger partial charge in [-0.05, 0) is 40.8 Å². The molecule has 0 radical (unpaired) electrons. The van der Waals surface area contributed by atoms with Crippen molar-refractivity contribution in [3.63, 3.8) is 0 Å². The minimum atomic E-state index is -0.0915. The lowest BCUT2D eigenvalue weighted by atomic mass is 10.1. The van der Waals surface area contributed by atoms with Gasteiger partial charge < -0.3 is 10.6 Å². The molecular weight excluding hydrogens is 256 g/mol. The fraction of sp³-hybridized carbons (Fsp3) is 0.267. The van der Waals surface area contributed by atoms with E-state index in [4.69, 9.17) is 0 Å². The van der Waals surface area contributed by atoms with Crippen molar-refractivity contribution in [1.29, 1.82) is 0 Å². The fourth-order valence-corrected chi connectivity index (χ4v) is 2.49. The molecule has 2 amide bonds. The molecule has 4 heteroatoms. The Labute approximate surface area is 117 Å². The molecule has 0 aliphatic rings. The third kappa shape index (κ3) is 5.14. The molecular formula is C15H18N2OS. The van der Waals surface area contributed by atoms with Crippen LogP contribution in [0.4, 0.5) is 4.79 Å². The highest BCUT2D eigenvalue weighted by atomic mass is 32.1. The molecule has 0 fully saturated rings. The molecule has 0 unspecified atom stereocenters. The molecule has 100 valence electrons. The van der Waals surface area contributed by atoms with Crippen molar-refractivity contribution in [1.82, 2.24) is 10.6 Å². The van der Waals surface area contributed by atoms with Crippen LogP contribution in [0.3, 0.4) is 0 Å². The highest BCUT2D eigenvalue weighted by Crippen LogP contribution is 2.05. The Hall–Kier alpha value is -1.81. The first-order valence-electron chi connectivity index (χ1n) is 6.41. The van der Waals surface area contributed by atoms with Crippen LogP contribution < -0.4 is 10.6 Å². The summed E-state index contributed by atoms with van der Waals surface area (Å²) in [6.45, 7) is 1.34. The molecule has 0 atom stereocenters. The van der Waals surface area contributed by atoms with Crippen molar-refractivity contribution in [3.05, 3.63) is 58.3 Å². The van der Waals surface area contributed by atoms with E-state index in [0.29, 0.717) is 13.1 Å². The molecule has 2 N–H and O–H groups in total. The number of hydrogen-bond acceptors (Lipinski definition) is 2. The van der Waals surface area contributed by atoms with Crippen LogP contribution in [0.1, 0.15) is 11.1 Å². The van der Waals surface area contributed by atoms with E-state index < -0.39 is 0 Å². The summed E-state index contributed by atoms with van der Waals surface area (Å²) in [5.41, 5.74) is 2.51. The van der Waals surface area contributed by atoms with Gasteiger partial charge in [-0.3, -0.25) is 0 Å². The standard InChI is InChI=1S/C15H18N2OS/c18-15(17-10-7-14-8-11-19-12-14)16-9-6-13-4-2-1-3-5-13/h1-5,8,11-12H,6-7,9-10H2,(H2,16,17,18). The Morgan fingerprint density at radius 1 is 0.947 bits per heavy atom. The van der Waals surface area contributed by atoms with Gasteiger partial charge >= 0.3 is 6.03 Å². The number of rotatable bonds is 6. The number of carbonyl (C=O) groups excluding carboxylic acids is 1. The first-order chi connectivity index (χ1) is 9.34. The highest BCUT2D eigenvalue weighted by molar-refractivity contribution is 7.07. The molecule has 0 spiro atoms. The van der Waals surface area contributed by atoms with Crippen molar-refractivity contribution in [3.8, 4) is 0 Å². The van der Waals surface area contributed by atoms with Gasteiger partial charge in [-0.15, -0.1) is 0 Å². The second-order valence-electron chi connectivity index (χ2n) is 4.30. The summed E-state index contributed by atoms with van der Waals surface area (Å²) in [6, 6.07) is 12.1. The van der Waals surface area contributed by atoms with E-state index in [2.05, 4.69) is 39.6 Å². The molecule has 2 aromatic rings. The van der Waals surface area contributed by atoms with E-state index in [1.54, 1.807) is 11.3 Å². The molecule has 0 aliphatic heterocycles. The second-order valence-corrected chi connectivity index (χ2v) is 5.08. The molecule has 1 aromatic heterocycles. The average molecular weight is 274 g/mol. The lowest BCUT2D eigenvalue weighted by Crippen LogP contribution is -2.37. The highest BCUT2D eigenvalue weighted by Gasteiger charge is 1.99. The van der Waals surface area contributed by atoms with Gasteiger partial charge in [0.15, 0.2) is 0 Å². The number of urea groups is 1. The molecule has 0 bridgehead atoms. The van der Waals surface area contributed by atoms with E-state index in [0.717, 1.165) is 12.8 Å². The quantitative estimate of drug-likeness (QED) is 0.835. The van der Waals surface area contributed by atoms with Gasteiger partial charge in [-0.25, -0.2) is 4.79 Å². The topological polar surface area (TPSA) is 41.1 Å². The van der Waals surface area contributed by atoms with E-state index >= 15 is 0 Å². The van der Waals surface area contributed by atoms with Crippen LogP contribution in [0.15, 0.2) is 47.2 Å². The predicted molar refractivity (Wildman–Crippen MR) is 79.6 cm³/mol. The monoisotopic (exact) mass is 274 g/mol. The molecule has 0 aliphatic carbocycles. The Morgan fingerprint density at radius 3 is 2.26 bits per heavy atom. The van der Waals surface area contributed by atoms with Crippen LogP contribution in [0.5, 0.6) is 0 Å². The molecule has 3 nitrogen and oxygen atoms in total. The van der Waals surface area contributed by atoms with Crippen LogP contribution >= 0.6 is 11.3 Å². The van der Waals surface area contributed by atoms with Gasteiger partial charge in [-0.1, -0.05) is 30.3 Å². The normalized spacial score (nSPS) is 10.1. The number of carbonyl (C=O) groups is 1. The van der Waals surface area contributed by atoms with Gasteiger partial charge in [-0.2, -0.15) is 11.3 Å². The number of thiophene rings is 1. The van der Waals surface area contributed by atoms with Gasteiger partial charge in [0.2, 0.25) is 0 Å². The van der Waals surface area contributed by atoms with Gasteiger partial charge in [0.05, 0.1) is 0 Å². The molecule has 2 rings (SSSR count). The Kier molecular flexibility index (Phi) is 5.44. The molecule has 0 saturated heterocycles. The summed E-state index contributed by atoms with van der Waals surface area (Å²) < 4.78 is 0. The maximum Gasteiger partial charge on any atom is 0.314 e. The summed E-state index contributed by atoms with van der Waals surface area (Å²) in [5, 5.41) is 9.88. The molecule has 0 saturated carbocycles. The molecule has 1 aromatic carbocycles.